The summed E-state index contributed by atoms with van der Waals surface area (Å²) in [7, 11) is -0.356. The van der Waals surface area contributed by atoms with Crippen LogP contribution in [0.25, 0.3) is 0 Å². The summed E-state index contributed by atoms with van der Waals surface area (Å²) in [5, 5.41) is 1.82. The molecule has 2 aliphatic rings. The van der Waals surface area contributed by atoms with Gasteiger partial charge in [-0.3, -0.25) is 0 Å². The van der Waals surface area contributed by atoms with Crippen LogP contribution in [0.1, 0.15) is 64.7 Å². The van der Waals surface area contributed by atoms with Crippen LogP contribution < -0.4 is 28.1 Å². The number of nitrogens with one attached hydrogen (secondary N) is 1. The maximum Gasteiger partial charge on any atom is -1.00 e. The molecule has 0 saturated heterocycles. The molecule has 1 N–H and O–H groups in total. The largest absolute Gasteiger partial charge is 1.00 e. The molecule has 152 valence electrons. The quantitative estimate of drug-likeness (QED) is 0.308. The molecule has 0 aromatic heterocycles. The first-order chi connectivity index (χ1) is 12.1. The molecule has 3 atom stereocenters. The average Bonchev–Trinajstić information content (AvgIpc) is 2.98. The fourth-order valence-corrected chi connectivity index (χ4v) is 11.2. The second-order valence-electron chi connectivity index (χ2n) is 7.78. The Balaban J connectivity index is 0.00000338. The standard InChI is InChI=1S/C11H15Si.C10H21NO.2ClH.Zr/c1-12(2)11-7-9-5-3-4-6-10(9)8-11;1-2-3-4-5-6-7-8-9-10(11)12;;;/h3-7,9-10H,8H2,1-2H3;2-9H2,1H3,(H2,11,12);2*1H;/q;;;;+3/p-3. The summed E-state index contributed by atoms with van der Waals surface area (Å²) in [6.07, 6.45) is 20.2. The number of carbonyl (C=O) groups excluding carboxylic acids is 1. The summed E-state index contributed by atoms with van der Waals surface area (Å²) >= 11 is -0.878. The first-order valence-electron chi connectivity index (χ1n) is 10.2. The van der Waals surface area contributed by atoms with E-state index in [1.165, 1.54) is 44.9 Å². The van der Waals surface area contributed by atoms with Crippen molar-refractivity contribution in [1.82, 2.24) is 3.26 Å². The van der Waals surface area contributed by atoms with E-state index < -0.39 is 23.5 Å². The fraction of sp³-hybridized carbons (Fsp3) is 0.714. The summed E-state index contributed by atoms with van der Waals surface area (Å²) in [4.78, 5) is 12.3. The van der Waals surface area contributed by atoms with Crippen molar-refractivity contribution in [1.29, 1.82) is 0 Å². The summed E-state index contributed by atoms with van der Waals surface area (Å²) in [5.41, 5.74) is 0. The minimum absolute atomic E-state index is 0. The molecule has 6 heteroatoms. The molecule has 0 aliphatic heterocycles. The SMILES string of the molecule is CCCCCCCCCC(=O)[NH][Zr+2][CH]1C(=[Si](C)C)CC2C=CC=CC21.[Cl-].[Cl-]. The van der Waals surface area contributed by atoms with Crippen molar-refractivity contribution in [2.75, 3.05) is 0 Å². The van der Waals surface area contributed by atoms with E-state index in [0.717, 1.165) is 16.5 Å². The summed E-state index contributed by atoms with van der Waals surface area (Å²) in [6, 6.07) is 0. The van der Waals surface area contributed by atoms with E-state index in [4.69, 9.17) is 0 Å². The van der Waals surface area contributed by atoms with Gasteiger partial charge in [0.25, 0.3) is 0 Å². The van der Waals surface area contributed by atoms with Crippen LogP contribution in [0, 0.1) is 11.8 Å². The van der Waals surface area contributed by atoms with Gasteiger partial charge < -0.3 is 24.8 Å². The Labute approximate surface area is 192 Å². The van der Waals surface area contributed by atoms with Gasteiger partial charge in [-0.2, -0.15) is 0 Å². The Morgan fingerprint density at radius 1 is 1.07 bits per heavy atom. The minimum atomic E-state index is -0.878. The normalized spacial score (nSPS) is 22.3. The van der Waals surface area contributed by atoms with E-state index in [2.05, 4.69) is 47.6 Å². The molecule has 2 aliphatic carbocycles. The zero-order chi connectivity index (χ0) is 18.1. The topological polar surface area (TPSA) is 29.1 Å². The molecule has 2 rings (SSSR count). The first kappa shape index (κ1) is 27.5. The Morgan fingerprint density at radius 2 is 1.70 bits per heavy atom. The Kier molecular flexibility index (Phi) is 15.6. The van der Waals surface area contributed by atoms with Crippen LogP contribution in [-0.2, 0) is 28.3 Å². The summed E-state index contributed by atoms with van der Waals surface area (Å²) < 4.78 is 4.16. The van der Waals surface area contributed by atoms with E-state index in [9.17, 15) is 4.79 Å². The number of fused-ring (bicyclic) bond motifs is 1. The Morgan fingerprint density at radius 3 is 2.37 bits per heavy atom. The van der Waals surface area contributed by atoms with Crippen molar-refractivity contribution in [2.45, 2.75) is 81.4 Å². The number of unbranched alkanes of at least 4 members (excludes halogenated alkanes) is 6. The number of hydrogen-bond acceptors (Lipinski definition) is 1. The zero-order valence-electron chi connectivity index (χ0n) is 17.1. The maximum atomic E-state index is 12.3. The average molecular weight is 508 g/mol. The molecule has 0 bridgehead atoms. The van der Waals surface area contributed by atoms with Gasteiger partial charge in [-0.1, -0.05) is 0 Å². The predicted octanol–water partition coefficient (Wildman–Crippen LogP) is -0.692. The van der Waals surface area contributed by atoms with Gasteiger partial charge >= 0.3 is 169 Å². The van der Waals surface area contributed by atoms with E-state index in [0.29, 0.717) is 17.7 Å². The molecule has 27 heavy (non-hydrogen) atoms. The second-order valence-corrected chi connectivity index (χ2v) is 13.3. The van der Waals surface area contributed by atoms with E-state index in [-0.39, 0.29) is 33.2 Å². The van der Waals surface area contributed by atoms with Crippen LogP contribution in [0.5, 0.6) is 0 Å². The van der Waals surface area contributed by atoms with Crippen molar-refractivity contribution in [2.24, 2.45) is 11.8 Å². The van der Waals surface area contributed by atoms with Crippen LogP contribution in [0.3, 0.4) is 0 Å². The molecule has 0 heterocycles. The fourth-order valence-electron chi connectivity index (χ4n) is 4.01. The van der Waals surface area contributed by atoms with Crippen molar-refractivity contribution in [3.63, 3.8) is 0 Å². The third-order valence-corrected chi connectivity index (χ3v) is 11.6. The van der Waals surface area contributed by atoms with Crippen LogP contribution in [-0.4, -0.2) is 19.5 Å². The van der Waals surface area contributed by atoms with E-state index >= 15 is 0 Å². The Bertz CT molecular complexity index is 532. The van der Waals surface area contributed by atoms with Gasteiger partial charge in [0.1, 0.15) is 0 Å². The number of carbonyl (C=O) groups is 1. The van der Waals surface area contributed by atoms with Gasteiger partial charge in [0, 0.05) is 0 Å². The van der Waals surface area contributed by atoms with Crippen molar-refractivity contribution < 1.29 is 53.1 Å². The molecular formula is C21H35Cl2NOSiZr. The van der Waals surface area contributed by atoms with Gasteiger partial charge in [-0.25, -0.2) is 0 Å². The molecular weight excluding hydrogens is 472 g/mol. The van der Waals surface area contributed by atoms with E-state index in [1.54, 1.807) is 0 Å². The maximum absolute atomic E-state index is 12.3. The number of amides is 1. The van der Waals surface area contributed by atoms with Gasteiger partial charge in [0.05, 0.1) is 0 Å². The van der Waals surface area contributed by atoms with Gasteiger partial charge in [-0.15, -0.1) is 0 Å². The molecule has 0 aromatic rings. The summed E-state index contributed by atoms with van der Waals surface area (Å²) in [5.74, 6) is 1.73. The number of hydrogen-bond donors (Lipinski definition) is 1. The molecule has 3 unspecified atom stereocenters. The van der Waals surface area contributed by atoms with Crippen molar-refractivity contribution in [3.05, 3.63) is 24.3 Å². The summed E-state index contributed by atoms with van der Waals surface area (Å²) in [6.45, 7) is 7.11. The molecule has 0 spiro atoms. The van der Waals surface area contributed by atoms with Crippen LogP contribution in [0.4, 0.5) is 0 Å². The van der Waals surface area contributed by atoms with Gasteiger partial charge in [-0.05, 0) is 0 Å². The molecule has 0 radical (unpaired) electrons. The first-order valence-corrected chi connectivity index (χ1v) is 15.3. The molecule has 1 saturated carbocycles. The predicted molar refractivity (Wildman–Crippen MR) is 107 cm³/mol. The molecule has 1 amide bonds. The Hall–Kier alpha value is 0.500. The van der Waals surface area contributed by atoms with Crippen LogP contribution in [0.2, 0.25) is 16.7 Å². The van der Waals surface area contributed by atoms with E-state index in [1.807, 2.05) is 5.17 Å². The molecule has 2 nitrogen and oxygen atoms in total. The smallest absolute Gasteiger partial charge is 1.00 e. The van der Waals surface area contributed by atoms with Crippen molar-refractivity contribution in [3.8, 4) is 0 Å². The number of allylic oxidation sites excluding steroid dienone is 4. The number of halogens is 2. The third kappa shape index (κ3) is 9.24. The van der Waals surface area contributed by atoms with Crippen molar-refractivity contribution >= 4 is 19.5 Å². The third-order valence-electron chi connectivity index (χ3n) is 5.53. The zero-order valence-corrected chi connectivity index (χ0v) is 22.0. The monoisotopic (exact) mass is 505 g/mol. The van der Waals surface area contributed by atoms with Gasteiger partial charge in [0.15, 0.2) is 0 Å². The molecule has 0 aromatic carbocycles. The second kappa shape index (κ2) is 15.4. The minimum Gasteiger partial charge on any atom is -1.00 e. The molecule has 1 fully saturated rings. The number of rotatable bonds is 10. The van der Waals surface area contributed by atoms with Gasteiger partial charge in [0.2, 0.25) is 0 Å². The van der Waals surface area contributed by atoms with Crippen LogP contribution in [0.15, 0.2) is 24.3 Å². The van der Waals surface area contributed by atoms with Crippen LogP contribution >= 0.6 is 0 Å².